The molecule has 0 heterocycles. The number of rotatable bonds is 1. The van der Waals surface area contributed by atoms with E-state index in [1.165, 1.54) is 12.9 Å². The van der Waals surface area contributed by atoms with E-state index in [1.54, 1.807) is 12.1 Å². The van der Waals surface area contributed by atoms with E-state index in [0.29, 0.717) is 5.46 Å². The molecule has 0 radical (unpaired) electrons. The van der Waals surface area contributed by atoms with E-state index in [2.05, 4.69) is 15.9 Å². The maximum absolute atomic E-state index is 12.8. The van der Waals surface area contributed by atoms with Gasteiger partial charge < -0.3 is 5.02 Å². The molecule has 11 heavy (non-hydrogen) atoms. The second-order valence-corrected chi connectivity index (χ2v) is 3.26. The average molecular weight is 217 g/mol. The van der Waals surface area contributed by atoms with Gasteiger partial charge >= 0.3 is 6.92 Å². The summed E-state index contributed by atoms with van der Waals surface area (Å²) in [6.45, 7) is 0.776. The summed E-state index contributed by atoms with van der Waals surface area (Å²) in [6, 6.07) is 4.49. The summed E-state index contributed by atoms with van der Waals surface area (Å²) in [4.78, 5) is 0. The van der Waals surface area contributed by atoms with Crippen LogP contribution in [0.15, 0.2) is 22.7 Å². The molecule has 0 aliphatic rings. The summed E-state index contributed by atoms with van der Waals surface area (Å²) < 4.78 is 13.6. The highest BCUT2D eigenvalue weighted by Gasteiger charge is 2.11. The molecular weight excluding hydrogens is 210 g/mol. The predicted octanol–water partition coefficient (Wildman–Crippen LogP) is 1.41. The summed E-state index contributed by atoms with van der Waals surface area (Å²) in [5.74, 6) is -0.372. The second kappa shape index (κ2) is 3.37. The largest absolute Gasteiger partial charge is 0.446 e. The molecule has 58 valence electrons. The Kier molecular flexibility index (Phi) is 2.68. The van der Waals surface area contributed by atoms with Crippen molar-refractivity contribution < 1.29 is 9.41 Å². The first-order valence-electron chi connectivity index (χ1n) is 3.24. The van der Waals surface area contributed by atoms with Crippen LogP contribution >= 0.6 is 15.9 Å². The Balaban J connectivity index is 3.13. The Hall–Kier alpha value is -0.345. The summed E-state index contributed by atoms with van der Waals surface area (Å²) in [6.07, 6.45) is 0. The highest BCUT2D eigenvalue weighted by atomic mass is 79.9. The van der Waals surface area contributed by atoms with Gasteiger partial charge in [0.25, 0.3) is 0 Å². The number of halogens is 2. The van der Waals surface area contributed by atoms with Crippen LogP contribution in [-0.4, -0.2) is 11.9 Å². The predicted molar refractivity (Wildman–Crippen MR) is 47.6 cm³/mol. The van der Waals surface area contributed by atoms with Gasteiger partial charge in [0.2, 0.25) is 0 Å². The molecule has 0 saturated carbocycles. The van der Waals surface area contributed by atoms with Gasteiger partial charge in [-0.05, 0) is 23.7 Å². The molecule has 0 saturated heterocycles. The van der Waals surface area contributed by atoms with Gasteiger partial charge in [0.15, 0.2) is 0 Å². The number of hydrogen-bond acceptors (Lipinski definition) is 1. The van der Waals surface area contributed by atoms with E-state index in [-0.39, 0.29) is 5.82 Å². The van der Waals surface area contributed by atoms with Gasteiger partial charge in [0.1, 0.15) is 5.82 Å². The maximum Gasteiger partial charge on any atom is 0.323 e. The molecule has 0 amide bonds. The lowest BCUT2D eigenvalue weighted by Crippen LogP contribution is -2.29. The van der Waals surface area contributed by atoms with Crippen LogP contribution in [0.2, 0.25) is 6.82 Å². The lowest BCUT2D eigenvalue weighted by Gasteiger charge is -2.02. The van der Waals surface area contributed by atoms with Gasteiger partial charge in [-0.1, -0.05) is 22.8 Å². The fourth-order valence-electron chi connectivity index (χ4n) is 0.835. The molecule has 0 aliphatic heterocycles. The first-order chi connectivity index (χ1) is 5.11. The molecule has 1 N–H and O–H groups in total. The lowest BCUT2D eigenvalue weighted by atomic mass is 9.64. The van der Waals surface area contributed by atoms with Gasteiger partial charge in [-0.25, -0.2) is 4.39 Å². The van der Waals surface area contributed by atoms with E-state index in [1.807, 2.05) is 0 Å². The number of hydrogen-bond donors (Lipinski definition) is 1. The third-order valence-corrected chi connectivity index (χ3v) is 1.90. The van der Waals surface area contributed by atoms with Crippen molar-refractivity contribution in [2.45, 2.75) is 6.82 Å². The van der Waals surface area contributed by atoms with Crippen LogP contribution in [0.25, 0.3) is 0 Å². The van der Waals surface area contributed by atoms with Gasteiger partial charge in [-0.15, -0.1) is 0 Å². The molecule has 1 aromatic rings. The molecule has 1 nitrogen and oxygen atoms in total. The number of benzene rings is 1. The Labute approximate surface area is 73.5 Å². The summed E-state index contributed by atoms with van der Waals surface area (Å²) in [5.41, 5.74) is 0.319. The standard InChI is InChI=1S/C7H7BBrFO/c1-8(11)6-4-5(9)2-3-7(6)10/h2-4,11H,1H3. The highest BCUT2D eigenvalue weighted by Crippen LogP contribution is 2.08. The van der Waals surface area contributed by atoms with E-state index in [9.17, 15) is 4.39 Å². The third-order valence-electron chi connectivity index (χ3n) is 1.41. The lowest BCUT2D eigenvalue weighted by molar-refractivity contribution is 0.584. The normalized spacial score (nSPS) is 9.82. The maximum atomic E-state index is 12.8. The van der Waals surface area contributed by atoms with Crippen LogP contribution in [0.3, 0.4) is 0 Å². The van der Waals surface area contributed by atoms with E-state index >= 15 is 0 Å². The fraction of sp³-hybridized carbons (Fsp3) is 0.143. The van der Waals surface area contributed by atoms with E-state index in [4.69, 9.17) is 5.02 Å². The van der Waals surface area contributed by atoms with Crippen molar-refractivity contribution in [3.05, 3.63) is 28.5 Å². The summed E-state index contributed by atoms with van der Waals surface area (Å²) >= 11 is 3.19. The quantitative estimate of drug-likeness (QED) is 0.705. The fourth-order valence-corrected chi connectivity index (χ4v) is 1.21. The van der Waals surface area contributed by atoms with Gasteiger partial charge in [0.05, 0.1) is 0 Å². The topological polar surface area (TPSA) is 20.2 Å². The first-order valence-corrected chi connectivity index (χ1v) is 4.03. The molecule has 0 aliphatic carbocycles. The third kappa shape index (κ3) is 2.04. The average Bonchev–Trinajstić information content (AvgIpc) is 1.94. The molecule has 0 bridgehead atoms. The van der Waals surface area contributed by atoms with Crippen LogP contribution in [0, 0.1) is 5.82 Å². The van der Waals surface area contributed by atoms with Gasteiger partial charge in [-0.2, -0.15) is 0 Å². The SMILES string of the molecule is CB(O)c1cc(Br)ccc1F. The van der Waals surface area contributed by atoms with Crippen molar-refractivity contribution in [3.8, 4) is 0 Å². The minimum Gasteiger partial charge on any atom is -0.446 e. The van der Waals surface area contributed by atoms with Crippen molar-refractivity contribution in [3.63, 3.8) is 0 Å². The highest BCUT2D eigenvalue weighted by molar-refractivity contribution is 9.10. The minimum absolute atomic E-state index is 0.319. The molecule has 0 unspecified atom stereocenters. The van der Waals surface area contributed by atoms with Gasteiger partial charge in [0, 0.05) is 4.47 Å². The zero-order valence-corrected chi connectivity index (χ0v) is 7.60. The Morgan fingerprint density at radius 3 is 2.64 bits per heavy atom. The smallest absolute Gasteiger partial charge is 0.323 e. The van der Waals surface area contributed by atoms with Crippen LogP contribution in [0.1, 0.15) is 0 Å². The minimum atomic E-state index is -0.757. The van der Waals surface area contributed by atoms with Crippen LogP contribution in [-0.2, 0) is 0 Å². The van der Waals surface area contributed by atoms with Crippen molar-refractivity contribution >= 4 is 28.3 Å². The van der Waals surface area contributed by atoms with Gasteiger partial charge in [-0.3, -0.25) is 0 Å². The Morgan fingerprint density at radius 2 is 2.18 bits per heavy atom. The van der Waals surface area contributed by atoms with Crippen molar-refractivity contribution in [1.29, 1.82) is 0 Å². The van der Waals surface area contributed by atoms with E-state index < -0.39 is 6.92 Å². The zero-order valence-electron chi connectivity index (χ0n) is 6.01. The molecule has 1 aromatic carbocycles. The molecule has 1 rings (SSSR count). The molecule has 0 aromatic heterocycles. The van der Waals surface area contributed by atoms with Crippen LogP contribution in [0.4, 0.5) is 4.39 Å². The Morgan fingerprint density at radius 1 is 1.55 bits per heavy atom. The monoisotopic (exact) mass is 216 g/mol. The Bertz CT molecular complexity index is 265. The van der Waals surface area contributed by atoms with Crippen LogP contribution < -0.4 is 5.46 Å². The summed E-state index contributed by atoms with van der Waals surface area (Å²) in [7, 11) is 0. The van der Waals surface area contributed by atoms with E-state index in [0.717, 1.165) is 4.47 Å². The van der Waals surface area contributed by atoms with Crippen LogP contribution in [0.5, 0.6) is 0 Å². The van der Waals surface area contributed by atoms with Crippen molar-refractivity contribution in [2.24, 2.45) is 0 Å². The summed E-state index contributed by atoms with van der Waals surface area (Å²) in [5, 5.41) is 9.07. The molecule has 4 heteroatoms. The molecule has 0 fully saturated rings. The molecule has 0 atom stereocenters. The van der Waals surface area contributed by atoms with Crippen molar-refractivity contribution in [2.75, 3.05) is 0 Å². The second-order valence-electron chi connectivity index (χ2n) is 2.34. The zero-order chi connectivity index (χ0) is 8.43. The molecule has 0 spiro atoms. The van der Waals surface area contributed by atoms with Crippen molar-refractivity contribution in [1.82, 2.24) is 0 Å². The first kappa shape index (κ1) is 8.75. The molecular formula is C7H7BBrFO.